The monoisotopic (exact) mass is 378 g/mol. The van der Waals surface area contributed by atoms with Crippen molar-refractivity contribution in [3.05, 3.63) is 60.9 Å². The summed E-state index contributed by atoms with van der Waals surface area (Å²) in [4.78, 5) is 10.3. The Hall–Kier alpha value is -3.19. The van der Waals surface area contributed by atoms with Gasteiger partial charge in [0.2, 0.25) is 0 Å². The molecule has 0 fully saturated rings. The molecule has 0 bridgehead atoms. The summed E-state index contributed by atoms with van der Waals surface area (Å²) in [6, 6.07) is 15.4. The second-order valence-corrected chi connectivity index (χ2v) is 6.86. The van der Waals surface area contributed by atoms with Crippen LogP contribution >= 0.6 is 11.8 Å². The van der Waals surface area contributed by atoms with Crippen molar-refractivity contribution in [3.63, 3.8) is 0 Å². The van der Waals surface area contributed by atoms with E-state index in [0.29, 0.717) is 11.5 Å². The van der Waals surface area contributed by atoms with E-state index in [2.05, 4.69) is 4.98 Å². The van der Waals surface area contributed by atoms with E-state index in [0.717, 1.165) is 32.6 Å². The molecule has 0 unspecified atom stereocenters. The zero-order valence-corrected chi connectivity index (χ0v) is 15.7. The predicted molar refractivity (Wildman–Crippen MR) is 107 cm³/mol. The number of nitrogens with zero attached hydrogens (tertiary/aromatic N) is 3. The lowest BCUT2D eigenvalue weighted by atomic mass is 10.1. The molecule has 7 heteroatoms. The standard InChI is InChI=1S/C20H18N4O2S/c1-25-17-8-3-13(11-18(17)26-2)16-12-19-22-9-10-24(19)20(23-16)27-15-6-4-14(21)5-7-15/h3-12H,21H2,1-2H3. The molecule has 2 aromatic heterocycles. The number of hydrogen-bond acceptors (Lipinski definition) is 6. The van der Waals surface area contributed by atoms with Gasteiger partial charge in [0.15, 0.2) is 16.7 Å². The Morgan fingerprint density at radius 2 is 1.74 bits per heavy atom. The average Bonchev–Trinajstić information content (AvgIpc) is 3.18. The van der Waals surface area contributed by atoms with Crippen LogP contribution in [0, 0.1) is 0 Å². The Kier molecular flexibility index (Phi) is 4.60. The van der Waals surface area contributed by atoms with E-state index in [-0.39, 0.29) is 0 Å². The fourth-order valence-corrected chi connectivity index (χ4v) is 3.63. The number of fused-ring (bicyclic) bond motifs is 1. The second-order valence-electron chi connectivity index (χ2n) is 5.82. The number of benzene rings is 2. The van der Waals surface area contributed by atoms with Gasteiger partial charge in [-0.2, -0.15) is 0 Å². The van der Waals surface area contributed by atoms with Crippen molar-refractivity contribution < 1.29 is 9.47 Å². The average molecular weight is 378 g/mol. The van der Waals surface area contributed by atoms with Gasteiger partial charge in [-0.15, -0.1) is 0 Å². The van der Waals surface area contributed by atoms with Crippen LogP contribution in [0.1, 0.15) is 0 Å². The summed E-state index contributed by atoms with van der Waals surface area (Å²) < 4.78 is 12.7. The molecule has 4 aromatic rings. The van der Waals surface area contributed by atoms with Crippen LogP contribution in [-0.2, 0) is 0 Å². The largest absolute Gasteiger partial charge is 0.493 e. The van der Waals surface area contributed by atoms with Crippen molar-refractivity contribution in [1.82, 2.24) is 14.4 Å². The Morgan fingerprint density at radius 1 is 0.963 bits per heavy atom. The summed E-state index contributed by atoms with van der Waals surface area (Å²) in [5, 5.41) is 0.819. The highest BCUT2D eigenvalue weighted by molar-refractivity contribution is 7.99. The predicted octanol–water partition coefficient (Wildman–Crippen LogP) is 4.15. The third kappa shape index (κ3) is 3.41. The van der Waals surface area contributed by atoms with E-state index < -0.39 is 0 Å². The molecular weight excluding hydrogens is 360 g/mol. The molecule has 0 radical (unpaired) electrons. The van der Waals surface area contributed by atoms with Gasteiger partial charge in [0.1, 0.15) is 5.65 Å². The molecule has 6 nitrogen and oxygen atoms in total. The third-order valence-corrected chi connectivity index (χ3v) is 5.10. The van der Waals surface area contributed by atoms with Crippen LogP contribution in [0.25, 0.3) is 16.9 Å². The SMILES string of the molecule is COc1ccc(-c2cc3nccn3c(Sc3ccc(N)cc3)n2)cc1OC. The maximum absolute atomic E-state index is 5.78. The number of imidazole rings is 1. The Balaban J connectivity index is 1.79. The summed E-state index contributed by atoms with van der Waals surface area (Å²) >= 11 is 1.56. The number of rotatable bonds is 5. The molecule has 0 atom stereocenters. The zero-order valence-electron chi connectivity index (χ0n) is 14.9. The van der Waals surface area contributed by atoms with E-state index in [9.17, 15) is 0 Å². The lowest BCUT2D eigenvalue weighted by Gasteiger charge is -2.11. The van der Waals surface area contributed by atoms with Gasteiger partial charge >= 0.3 is 0 Å². The molecule has 0 aliphatic rings. The number of aromatic nitrogens is 3. The first-order valence-corrected chi connectivity index (χ1v) is 9.09. The molecule has 0 saturated heterocycles. The van der Waals surface area contributed by atoms with Crippen LogP contribution in [-0.4, -0.2) is 28.6 Å². The molecular formula is C20H18N4O2S. The van der Waals surface area contributed by atoms with E-state index in [1.807, 2.05) is 59.1 Å². The molecule has 0 aliphatic carbocycles. The van der Waals surface area contributed by atoms with Crippen LogP contribution in [0.15, 0.2) is 71.0 Å². The molecule has 0 aliphatic heterocycles. The Morgan fingerprint density at radius 3 is 2.48 bits per heavy atom. The molecule has 0 amide bonds. The van der Waals surface area contributed by atoms with Gasteiger partial charge in [-0.3, -0.25) is 4.40 Å². The number of nitrogens with two attached hydrogens (primary N) is 1. The van der Waals surface area contributed by atoms with Crippen LogP contribution < -0.4 is 15.2 Å². The number of methoxy groups -OCH3 is 2. The molecule has 2 heterocycles. The third-order valence-electron chi connectivity index (χ3n) is 4.13. The smallest absolute Gasteiger partial charge is 0.179 e. The molecule has 4 rings (SSSR count). The van der Waals surface area contributed by atoms with Crippen molar-refractivity contribution >= 4 is 23.1 Å². The highest BCUT2D eigenvalue weighted by Crippen LogP contribution is 2.34. The van der Waals surface area contributed by atoms with E-state index in [1.54, 1.807) is 32.2 Å². The Labute approximate surface area is 161 Å². The van der Waals surface area contributed by atoms with Crippen molar-refractivity contribution in [2.75, 3.05) is 20.0 Å². The number of anilines is 1. The van der Waals surface area contributed by atoms with E-state index in [4.69, 9.17) is 20.2 Å². The molecule has 2 aromatic carbocycles. The summed E-state index contributed by atoms with van der Waals surface area (Å²) in [6.07, 6.45) is 3.67. The second kappa shape index (κ2) is 7.20. The fourth-order valence-electron chi connectivity index (χ4n) is 2.75. The van der Waals surface area contributed by atoms with E-state index in [1.165, 1.54) is 0 Å². The van der Waals surface area contributed by atoms with Gasteiger partial charge < -0.3 is 15.2 Å². The number of ether oxygens (including phenoxy) is 2. The van der Waals surface area contributed by atoms with Crippen LogP contribution in [0.4, 0.5) is 5.69 Å². The molecule has 2 N–H and O–H groups in total. The molecule has 27 heavy (non-hydrogen) atoms. The molecule has 136 valence electrons. The maximum Gasteiger partial charge on any atom is 0.179 e. The topological polar surface area (TPSA) is 74.7 Å². The van der Waals surface area contributed by atoms with Crippen LogP contribution in [0.5, 0.6) is 11.5 Å². The van der Waals surface area contributed by atoms with E-state index >= 15 is 0 Å². The zero-order chi connectivity index (χ0) is 18.8. The summed E-state index contributed by atoms with van der Waals surface area (Å²) in [6.45, 7) is 0. The minimum Gasteiger partial charge on any atom is -0.493 e. The first-order chi connectivity index (χ1) is 13.2. The quantitative estimate of drug-likeness (QED) is 0.415. The van der Waals surface area contributed by atoms with Crippen LogP contribution in [0.3, 0.4) is 0 Å². The normalized spacial score (nSPS) is 10.9. The summed E-state index contributed by atoms with van der Waals surface area (Å²) in [5.41, 5.74) is 9.09. The number of nitrogen functional groups attached to an aromatic ring is 1. The highest BCUT2D eigenvalue weighted by Gasteiger charge is 2.12. The van der Waals surface area contributed by atoms with Crippen LogP contribution in [0.2, 0.25) is 0 Å². The van der Waals surface area contributed by atoms with Crippen molar-refractivity contribution in [3.8, 4) is 22.8 Å². The summed E-state index contributed by atoms with van der Waals surface area (Å²) in [7, 11) is 3.24. The molecule has 0 saturated carbocycles. The van der Waals surface area contributed by atoms with Gasteiger partial charge in [0.05, 0.1) is 19.9 Å². The van der Waals surface area contributed by atoms with Gasteiger partial charge in [-0.1, -0.05) is 11.8 Å². The minimum atomic E-state index is 0.660. The fraction of sp³-hybridized carbons (Fsp3) is 0.100. The van der Waals surface area contributed by atoms with Crippen molar-refractivity contribution in [2.45, 2.75) is 10.1 Å². The van der Waals surface area contributed by atoms with Crippen molar-refractivity contribution in [1.29, 1.82) is 0 Å². The molecule has 0 spiro atoms. The highest BCUT2D eigenvalue weighted by atomic mass is 32.2. The summed E-state index contributed by atoms with van der Waals surface area (Å²) in [5.74, 6) is 1.34. The number of hydrogen-bond donors (Lipinski definition) is 1. The maximum atomic E-state index is 5.78. The van der Waals surface area contributed by atoms with Gasteiger partial charge in [0, 0.05) is 34.6 Å². The lowest BCUT2D eigenvalue weighted by Crippen LogP contribution is -1.97. The van der Waals surface area contributed by atoms with Crippen molar-refractivity contribution in [2.24, 2.45) is 0 Å². The van der Waals surface area contributed by atoms with Gasteiger partial charge in [-0.25, -0.2) is 9.97 Å². The van der Waals surface area contributed by atoms with Gasteiger partial charge in [0.25, 0.3) is 0 Å². The first kappa shape index (κ1) is 17.2. The lowest BCUT2D eigenvalue weighted by molar-refractivity contribution is 0.355. The first-order valence-electron chi connectivity index (χ1n) is 8.28. The minimum absolute atomic E-state index is 0.660. The Bertz CT molecular complexity index is 1090. The van der Waals surface area contributed by atoms with Gasteiger partial charge in [-0.05, 0) is 42.5 Å².